The van der Waals surface area contributed by atoms with Crippen molar-refractivity contribution in [2.75, 3.05) is 0 Å². The van der Waals surface area contributed by atoms with Gasteiger partial charge in [0, 0.05) is 12.8 Å². The Morgan fingerprint density at radius 3 is 1.55 bits per heavy atom. The SMILES string of the molecule is N.O=S(=O)(OF)C(F)(F)C(F)(F)CCCCCCC(F)(F)F. The van der Waals surface area contributed by atoms with E-state index in [-0.39, 0.29) is 25.4 Å². The molecule has 0 aromatic rings. The van der Waals surface area contributed by atoms with E-state index in [1.54, 1.807) is 0 Å². The van der Waals surface area contributed by atoms with Crippen molar-refractivity contribution in [1.29, 1.82) is 0 Å². The van der Waals surface area contributed by atoms with Crippen molar-refractivity contribution in [1.82, 2.24) is 6.15 Å². The molecule has 3 N–H and O–H groups in total. The molecule has 0 aliphatic rings. The fourth-order valence-electron chi connectivity index (χ4n) is 1.39. The first kappa shape index (κ1) is 23.6. The van der Waals surface area contributed by atoms with Gasteiger partial charge in [-0.2, -0.15) is 39.2 Å². The summed E-state index contributed by atoms with van der Waals surface area (Å²) in [6.45, 7) is 0. The third-order valence-corrected chi connectivity index (χ3v) is 3.62. The fraction of sp³-hybridized carbons (Fsp3) is 1.00. The molecule has 0 spiro atoms. The second-order valence-corrected chi connectivity index (χ2v) is 5.81. The third kappa shape index (κ3) is 6.60. The molecule has 0 aromatic heterocycles. The lowest BCUT2D eigenvalue weighted by molar-refractivity contribution is -0.173. The maximum atomic E-state index is 13.0. The van der Waals surface area contributed by atoms with Gasteiger partial charge >= 0.3 is 27.5 Å². The van der Waals surface area contributed by atoms with E-state index in [2.05, 4.69) is 0 Å². The maximum absolute atomic E-state index is 13.0. The van der Waals surface area contributed by atoms with Crippen molar-refractivity contribution in [2.24, 2.45) is 0 Å². The molecule has 13 heteroatoms. The van der Waals surface area contributed by atoms with Crippen LogP contribution in [0.25, 0.3) is 0 Å². The second-order valence-electron chi connectivity index (χ2n) is 4.27. The summed E-state index contributed by atoms with van der Waals surface area (Å²) in [5, 5.41) is -5.76. The average molecular weight is 369 g/mol. The second kappa shape index (κ2) is 8.24. The minimum Gasteiger partial charge on any atom is -0.344 e. The highest BCUT2D eigenvalue weighted by atomic mass is 32.2. The minimum absolute atomic E-state index is 0. The molecule has 0 saturated heterocycles. The number of rotatable bonds is 9. The van der Waals surface area contributed by atoms with E-state index >= 15 is 0 Å². The number of hydrogen-bond acceptors (Lipinski definition) is 4. The van der Waals surface area contributed by atoms with Crippen LogP contribution in [0.15, 0.2) is 0 Å². The number of hydrogen-bond donors (Lipinski definition) is 1. The summed E-state index contributed by atoms with van der Waals surface area (Å²) in [6, 6.07) is 0. The largest absolute Gasteiger partial charge is 0.434 e. The van der Waals surface area contributed by atoms with Crippen LogP contribution in [0.3, 0.4) is 0 Å². The van der Waals surface area contributed by atoms with Gasteiger partial charge in [0.05, 0.1) is 0 Å². The van der Waals surface area contributed by atoms with Crippen LogP contribution in [0.2, 0.25) is 0 Å². The fourth-order valence-corrected chi connectivity index (χ4v) is 1.94. The van der Waals surface area contributed by atoms with Gasteiger partial charge in [-0.05, 0) is 17.4 Å². The first-order chi connectivity index (χ1) is 9.27. The van der Waals surface area contributed by atoms with Gasteiger partial charge in [0.25, 0.3) is 0 Å². The highest BCUT2D eigenvalue weighted by Gasteiger charge is 2.66. The van der Waals surface area contributed by atoms with Crippen molar-refractivity contribution in [3.05, 3.63) is 0 Å². The average Bonchev–Trinajstić information content (AvgIpc) is 2.31. The molecule has 0 atom stereocenters. The molecule has 0 heterocycles. The Morgan fingerprint density at radius 2 is 1.18 bits per heavy atom. The predicted molar refractivity (Wildman–Crippen MR) is 59.8 cm³/mol. The Balaban J connectivity index is 0. The predicted octanol–water partition coefficient (Wildman–Crippen LogP) is 4.51. The van der Waals surface area contributed by atoms with E-state index in [0.717, 1.165) is 0 Å². The van der Waals surface area contributed by atoms with Crippen molar-refractivity contribution in [3.8, 4) is 0 Å². The van der Waals surface area contributed by atoms with Crippen molar-refractivity contribution >= 4 is 10.1 Å². The highest BCUT2D eigenvalue weighted by molar-refractivity contribution is 7.87. The summed E-state index contributed by atoms with van der Waals surface area (Å²) in [5.74, 6) is -5.10. The molecule has 0 aliphatic carbocycles. The van der Waals surface area contributed by atoms with Crippen LogP contribution < -0.4 is 6.15 Å². The molecule has 0 fully saturated rings. The number of unbranched alkanes of at least 4 members (excludes halogenated alkanes) is 3. The van der Waals surface area contributed by atoms with Gasteiger partial charge in [0.1, 0.15) is 0 Å². The van der Waals surface area contributed by atoms with Crippen LogP contribution in [-0.2, 0) is 14.5 Å². The van der Waals surface area contributed by atoms with Crippen LogP contribution in [0.1, 0.15) is 38.5 Å². The van der Waals surface area contributed by atoms with Crippen molar-refractivity contribution in [2.45, 2.75) is 55.9 Å². The minimum atomic E-state index is -6.42. The van der Waals surface area contributed by atoms with Crippen molar-refractivity contribution in [3.63, 3.8) is 0 Å². The first-order valence-corrected chi connectivity index (χ1v) is 7.05. The summed E-state index contributed by atoms with van der Waals surface area (Å²) < 4.78 is 121. The molecule has 0 unspecified atom stereocenters. The lowest BCUT2D eigenvalue weighted by Crippen LogP contribution is -2.47. The summed E-state index contributed by atoms with van der Waals surface area (Å²) in [4.78, 5) is 0. The van der Waals surface area contributed by atoms with Gasteiger partial charge in [0.2, 0.25) is 0 Å². The zero-order chi connectivity index (χ0) is 16.9. The quantitative estimate of drug-likeness (QED) is 0.479. The van der Waals surface area contributed by atoms with E-state index in [9.17, 15) is 43.7 Å². The molecule has 136 valence electrons. The van der Waals surface area contributed by atoms with Gasteiger partial charge in [-0.25, -0.2) is 0 Å². The Hall–Kier alpha value is -0.690. The molecule has 0 aliphatic heterocycles. The van der Waals surface area contributed by atoms with Crippen LogP contribution in [0.4, 0.5) is 35.3 Å². The summed E-state index contributed by atoms with van der Waals surface area (Å²) in [6.07, 6.45) is -8.56. The van der Waals surface area contributed by atoms with Crippen molar-refractivity contribution < 1.29 is 48.1 Å². The van der Waals surface area contributed by atoms with Crippen LogP contribution in [0.5, 0.6) is 0 Å². The lowest BCUT2D eigenvalue weighted by atomic mass is 10.1. The molecular formula is C9H15F8NO3S. The van der Waals surface area contributed by atoms with E-state index in [1.807, 2.05) is 4.39 Å². The lowest BCUT2D eigenvalue weighted by Gasteiger charge is -2.23. The molecule has 0 aromatic carbocycles. The Labute approximate surface area is 121 Å². The summed E-state index contributed by atoms with van der Waals surface area (Å²) in [5.41, 5.74) is 0. The van der Waals surface area contributed by atoms with E-state index in [0.29, 0.717) is 0 Å². The monoisotopic (exact) mass is 369 g/mol. The van der Waals surface area contributed by atoms with E-state index < -0.39 is 46.7 Å². The topological polar surface area (TPSA) is 78.4 Å². The highest BCUT2D eigenvalue weighted by Crippen LogP contribution is 2.43. The van der Waals surface area contributed by atoms with E-state index in [1.165, 1.54) is 0 Å². The van der Waals surface area contributed by atoms with Gasteiger partial charge in [0.15, 0.2) is 0 Å². The standard InChI is InChI=1S/C9H12F8O3S.H3N/c10-7(11,9(15,16)21(18,19)20-17)5-3-1-2-4-6-8(12,13)14;/h1-6H2;1H3. The maximum Gasteiger partial charge on any atom is 0.434 e. The molecular weight excluding hydrogens is 354 g/mol. The molecule has 0 radical (unpaired) electrons. The first-order valence-electron chi connectivity index (χ1n) is 5.64. The van der Waals surface area contributed by atoms with Gasteiger partial charge < -0.3 is 6.15 Å². The molecule has 22 heavy (non-hydrogen) atoms. The van der Waals surface area contributed by atoms with Gasteiger partial charge in [-0.1, -0.05) is 17.2 Å². The normalized spacial score (nSPS) is 13.8. The Morgan fingerprint density at radius 1 is 0.773 bits per heavy atom. The molecule has 4 nitrogen and oxygen atoms in total. The third-order valence-electron chi connectivity index (χ3n) is 2.52. The zero-order valence-electron chi connectivity index (χ0n) is 11.1. The smallest absolute Gasteiger partial charge is 0.344 e. The van der Waals surface area contributed by atoms with E-state index in [4.69, 9.17) is 0 Å². The van der Waals surface area contributed by atoms with Gasteiger partial charge in [-0.3, -0.25) is 0 Å². The number of halogens is 8. The summed E-state index contributed by atoms with van der Waals surface area (Å²) in [7, 11) is -6.42. The Bertz CT molecular complexity index is 423. The Kier molecular flexibility index (Phi) is 8.83. The molecule has 0 amide bonds. The van der Waals surface area contributed by atoms with Gasteiger partial charge in [-0.15, -0.1) is 0 Å². The van der Waals surface area contributed by atoms with Crippen LogP contribution >= 0.6 is 0 Å². The summed E-state index contributed by atoms with van der Waals surface area (Å²) >= 11 is 0. The zero-order valence-corrected chi connectivity index (χ0v) is 11.9. The molecule has 0 bridgehead atoms. The van der Waals surface area contributed by atoms with Crippen LogP contribution in [0, 0.1) is 0 Å². The molecule has 0 rings (SSSR count). The van der Waals surface area contributed by atoms with Crippen LogP contribution in [-0.4, -0.2) is 25.8 Å². The molecule has 0 saturated carbocycles. The number of alkyl halides is 7.